The van der Waals surface area contributed by atoms with Crippen molar-refractivity contribution in [3.05, 3.63) is 68.2 Å². The first-order valence-electron chi connectivity index (χ1n) is 5.70. The van der Waals surface area contributed by atoms with Gasteiger partial charge in [0.25, 0.3) is 0 Å². The molecule has 0 bridgehead atoms. The Labute approximate surface area is 130 Å². The summed E-state index contributed by atoms with van der Waals surface area (Å²) in [6.45, 7) is 0. The van der Waals surface area contributed by atoms with E-state index in [9.17, 15) is 8.78 Å². The lowest BCUT2D eigenvalue weighted by Crippen LogP contribution is -2.19. The molecule has 0 aliphatic rings. The van der Waals surface area contributed by atoms with Crippen LogP contribution in [0, 0.1) is 11.6 Å². The standard InChI is InChI=1S/C14H10Cl3F2N/c1-20-14(7-2-3-9(15)10(16)4-7)8-5-13(19)11(17)6-12(8)18/h2-6,14,20H,1H3. The van der Waals surface area contributed by atoms with Crippen LogP contribution in [0.1, 0.15) is 17.2 Å². The van der Waals surface area contributed by atoms with Gasteiger partial charge in [0, 0.05) is 5.56 Å². The van der Waals surface area contributed by atoms with E-state index in [0.29, 0.717) is 15.6 Å². The van der Waals surface area contributed by atoms with Crippen molar-refractivity contribution in [3.63, 3.8) is 0 Å². The minimum absolute atomic E-state index is 0.146. The van der Waals surface area contributed by atoms with Gasteiger partial charge in [-0.2, -0.15) is 0 Å². The molecular weight excluding hydrogens is 327 g/mol. The summed E-state index contributed by atoms with van der Waals surface area (Å²) in [5.41, 5.74) is 0.815. The molecule has 106 valence electrons. The Morgan fingerprint density at radius 3 is 2.20 bits per heavy atom. The summed E-state index contributed by atoms with van der Waals surface area (Å²) in [5.74, 6) is -1.27. The van der Waals surface area contributed by atoms with Gasteiger partial charge in [-0.15, -0.1) is 0 Å². The lowest BCUT2D eigenvalue weighted by molar-refractivity contribution is 0.558. The van der Waals surface area contributed by atoms with Crippen LogP contribution in [0.4, 0.5) is 8.78 Å². The molecule has 0 saturated heterocycles. The van der Waals surface area contributed by atoms with Crippen molar-refractivity contribution in [1.29, 1.82) is 0 Å². The highest BCUT2D eigenvalue weighted by molar-refractivity contribution is 6.42. The number of hydrogen-bond donors (Lipinski definition) is 1. The number of nitrogens with one attached hydrogen (secondary N) is 1. The lowest BCUT2D eigenvalue weighted by Gasteiger charge is -2.19. The van der Waals surface area contributed by atoms with Gasteiger partial charge < -0.3 is 5.32 Å². The van der Waals surface area contributed by atoms with E-state index in [-0.39, 0.29) is 10.6 Å². The number of rotatable bonds is 3. The molecular formula is C14H10Cl3F2N. The van der Waals surface area contributed by atoms with E-state index in [1.54, 1.807) is 25.2 Å². The highest BCUT2D eigenvalue weighted by atomic mass is 35.5. The highest BCUT2D eigenvalue weighted by Crippen LogP contribution is 2.31. The average Bonchev–Trinajstić information content (AvgIpc) is 2.40. The van der Waals surface area contributed by atoms with E-state index < -0.39 is 17.7 Å². The predicted octanol–water partition coefficient (Wildman–Crippen LogP) is 5.23. The summed E-state index contributed by atoms with van der Waals surface area (Å²) < 4.78 is 27.5. The predicted molar refractivity (Wildman–Crippen MR) is 78.7 cm³/mol. The third-order valence-corrected chi connectivity index (χ3v) is 3.94. The third kappa shape index (κ3) is 3.07. The first-order chi connectivity index (χ1) is 9.43. The minimum Gasteiger partial charge on any atom is -0.309 e. The van der Waals surface area contributed by atoms with Crippen LogP contribution in [0.5, 0.6) is 0 Å². The van der Waals surface area contributed by atoms with Crippen molar-refractivity contribution in [2.75, 3.05) is 7.05 Å². The number of hydrogen-bond acceptors (Lipinski definition) is 1. The maximum atomic E-state index is 14.0. The van der Waals surface area contributed by atoms with Crippen molar-refractivity contribution in [3.8, 4) is 0 Å². The normalized spacial score (nSPS) is 12.5. The first-order valence-corrected chi connectivity index (χ1v) is 6.84. The summed E-state index contributed by atoms with van der Waals surface area (Å²) in [6.07, 6.45) is 0. The van der Waals surface area contributed by atoms with E-state index in [1.165, 1.54) is 0 Å². The topological polar surface area (TPSA) is 12.0 Å². The quantitative estimate of drug-likeness (QED) is 0.756. The zero-order chi connectivity index (χ0) is 14.9. The van der Waals surface area contributed by atoms with Gasteiger partial charge in [-0.25, -0.2) is 8.78 Å². The number of benzene rings is 2. The van der Waals surface area contributed by atoms with Gasteiger partial charge in [0.15, 0.2) is 0 Å². The summed E-state index contributed by atoms with van der Waals surface area (Å²) in [4.78, 5) is 0. The molecule has 0 aliphatic heterocycles. The fraction of sp³-hybridized carbons (Fsp3) is 0.143. The van der Waals surface area contributed by atoms with Crippen LogP contribution < -0.4 is 5.32 Å². The molecule has 0 radical (unpaired) electrons. The summed E-state index contributed by atoms with van der Waals surface area (Å²) in [6, 6.07) is 6.37. The van der Waals surface area contributed by atoms with E-state index >= 15 is 0 Å². The fourth-order valence-corrected chi connectivity index (χ4v) is 2.41. The van der Waals surface area contributed by atoms with Gasteiger partial charge in [0.1, 0.15) is 11.6 Å². The molecule has 0 spiro atoms. The van der Waals surface area contributed by atoms with Crippen molar-refractivity contribution in [2.24, 2.45) is 0 Å². The van der Waals surface area contributed by atoms with Crippen LogP contribution in [0.15, 0.2) is 30.3 Å². The highest BCUT2D eigenvalue weighted by Gasteiger charge is 2.19. The molecule has 1 nitrogen and oxygen atoms in total. The first kappa shape index (κ1) is 15.5. The molecule has 20 heavy (non-hydrogen) atoms. The van der Waals surface area contributed by atoms with E-state index in [2.05, 4.69) is 5.32 Å². The molecule has 2 aromatic carbocycles. The maximum Gasteiger partial charge on any atom is 0.142 e. The molecule has 1 N–H and O–H groups in total. The monoisotopic (exact) mass is 335 g/mol. The average molecular weight is 337 g/mol. The zero-order valence-corrected chi connectivity index (χ0v) is 12.6. The lowest BCUT2D eigenvalue weighted by atomic mass is 9.98. The Bertz CT molecular complexity index is 647. The van der Waals surface area contributed by atoms with Crippen LogP contribution in [-0.4, -0.2) is 7.05 Å². The fourth-order valence-electron chi connectivity index (χ4n) is 1.95. The van der Waals surface area contributed by atoms with Crippen LogP contribution >= 0.6 is 34.8 Å². The maximum absolute atomic E-state index is 14.0. The molecule has 2 rings (SSSR count). The molecule has 0 aromatic heterocycles. The molecule has 0 fully saturated rings. The van der Waals surface area contributed by atoms with Crippen molar-refractivity contribution in [1.82, 2.24) is 5.32 Å². The zero-order valence-electron chi connectivity index (χ0n) is 10.4. The Morgan fingerprint density at radius 1 is 0.900 bits per heavy atom. The van der Waals surface area contributed by atoms with Crippen LogP contribution in [0.3, 0.4) is 0 Å². The van der Waals surface area contributed by atoms with E-state index in [4.69, 9.17) is 34.8 Å². The summed E-state index contributed by atoms with van der Waals surface area (Å²) >= 11 is 17.3. The molecule has 0 heterocycles. The van der Waals surface area contributed by atoms with E-state index in [1.807, 2.05) is 0 Å². The van der Waals surface area contributed by atoms with Gasteiger partial charge in [-0.1, -0.05) is 40.9 Å². The Hall–Kier alpha value is -0.870. The van der Waals surface area contributed by atoms with Gasteiger partial charge in [-0.3, -0.25) is 0 Å². The minimum atomic E-state index is -0.677. The third-order valence-electron chi connectivity index (χ3n) is 2.92. The smallest absolute Gasteiger partial charge is 0.142 e. The molecule has 6 heteroatoms. The van der Waals surface area contributed by atoms with Crippen molar-refractivity contribution in [2.45, 2.75) is 6.04 Å². The van der Waals surface area contributed by atoms with Crippen LogP contribution in [0.25, 0.3) is 0 Å². The largest absolute Gasteiger partial charge is 0.309 e. The molecule has 0 aliphatic carbocycles. The molecule has 1 unspecified atom stereocenters. The summed E-state index contributed by atoms with van der Waals surface area (Å²) in [5, 5.41) is 3.41. The van der Waals surface area contributed by atoms with Crippen LogP contribution in [0.2, 0.25) is 15.1 Å². The Morgan fingerprint density at radius 2 is 1.60 bits per heavy atom. The van der Waals surface area contributed by atoms with Crippen molar-refractivity contribution < 1.29 is 8.78 Å². The Balaban J connectivity index is 2.52. The second-order valence-corrected chi connectivity index (χ2v) is 5.40. The molecule has 0 amide bonds. The van der Waals surface area contributed by atoms with Gasteiger partial charge in [0.05, 0.1) is 21.1 Å². The van der Waals surface area contributed by atoms with E-state index in [0.717, 1.165) is 12.1 Å². The second-order valence-electron chi connectivity index (χ2n) is 4.18. The van der Waals surface area contributed by atoms with Crippen molar-refractivity contribution >= 4 is 34.8 Å². The Kier molecular flexibility index (Phi) is 4.86. The number of halogens is 5. The summed E-state index contributed by atoms with van der Waals surface area (Å²) in [7, 11) is 1.64. The van der Waals surface area contributed by atoms with Gasteiger partial charge in [-0.05, 0) is 36.9 Å². The van der Waals surface area contributed by atoms with Gasteiger partial charge >= 0.3 is 0 Å². The molecule has 0 saturated carbocycles. The SMILES string of the molecule is CNC(c1ccc(Cl)c(Cl)c1)c1cc(F)c(Cl)cc1F. The van der Waals surface area contributed by atoms with Gasteiger partial charge in [0.2, 0.25) is 0 Å². The molecule has 2 aromatic rings. The van der Waals surface area contributed by atoms with Crippen LogP contribution in [-0.2, 0) is 0 Å². The molecule has 1 atom stereocenters. The second kappa shape index (κ2) is 6.27.